The van der Waals surface area contributed by atoms with E-state index < -0.39 is 0 Å². The number of rotatable bonds is 0. The topological polar surface area (TPSA) is 0 Å². The zero-order valence-corrected chi connectivity index (χ0v) is 9.11. The Morgan fingerprint density at radius 3 is 2.69 bits per heavy atom. The second-order valence-corrected chi connectivity index (χ2v) is 5.48. The molecule has 2 aromatic heterocycles. The molecular formula is C11H13BS. The molecule has 13 heavy (non-hydrogen) atoms. The molecule has 0 saturated carbocycles. The number of hydrogen-bond donors (Lipinski definition) is 0. The standard InChI is InChI=1S/C11H13BS/c1-11(2,3)9-7-8-5-4-6-12-10(8)13-9/h4-7H,1-3H3. The molecule has 0 bridgehead atoms. The van der Waals surface area contributed by atoms with E-state index in [-0.39, 0.29) is 5.41 Å². The van der Waals surface area contributed by atoms with Crippen LogP contribution in [0.4, 0.5) is 0 Å². The third-order valence-corrected chi connectivity index (χ3v) is 3.71. The molecule has 2 heterocycles. The van der Waals surface area contributed by atoms with Crippen molar-refractivity contribution in [3.8, 4) is 0 Å². The van der Waals surface area contributed by atoms with E-state index in [1.807, 2.05) is 11.3 Å². The predicted molar refractivity (Wildman–Crippen MR) is 61.9 cm³/mol. The average Bonchev–Trinajstić information content (AvgIpc) is 2.45. The first kappa shape index (κ1) is 8.95. The fourth-order valence-corrected chi connectivity index (χ4v) is 2.47. The van der Waals surface area contributed by atoms with Gasteiger partial charge in [-0.2, -0.15) is 0 Å². The average molecular weight is 188 g/mol. The first-order chi connectivity index (χ1) is 6.07. The fraction of sp³-hybridized carbons (Fsp3) is 0.364. The summed E-state index contributed by atoms with van der Waals surface area (Å²) < 4.78 is 1.40. The van der Waals surface area contributed by atoms with Crippen LogP contribution < -0.4 is 0 Å². The molecule has 0 aliphatic carbocycles. The van der Waals surface area contributed by atoms with Gasteiger partial charge in [0.15, 0.2) is 0 Å². The van der Waals surface area contributed by atoms with Crippen molar-refractivity contribution in [3.63, 3.8) is 0 Å². The second kappa shape index (κ2) is 2.95. The van der Waals surface area contributed by atoms with Gasteiger partial charge in [0.25, 0.3) is 0 Å². The molecule has 2 rings (SSSR count). The van der Waals surface area contributed by atoms with Crippen molar-refractivity contribution in [3.05, 3.63) is 29.0 Å². The van der Waals surface area contributed by atoms with Crippen LogP contribution in [0.1, 0.15) is 25.6 Å². The van der Waals surface area contributed by atoms with Crippen molar-refractivity contribution in [2.24, 2.45) is 0 Å². The third kappa shape index (κ3) is 1.68. The molecular weight excluding hydrogens is 175 g/mol. The summed E-state index contributed by atoms with van der Waals surface area (Å²) in [5.74, 6) is 2.10. The molecule has 0 aromatic carbocycles. The van der Waals surface area contributed by atoms with Crippen molar-refractivity contribution in [1.29, 1.82) is 0 Å². The van der Waals surface area contributed by atoms with Gasteiger partial charge in [0.2, 0.25) is 0 Å². The Balaban J connectivity index is 2.63. The molecule has 0 radical (unpaired) electrons. The Morgan fingerprint density at radius 2 is 2.08 bits per heavy atom. The third-order valence-electron chi connectivity index (χ3n) is 2.16. The van der Waals surface area contributed by atoms with Gasteiger partial charge in [-0.05, 0) is 0 Å². The molecule has 0 N–H and O–H groups in total. The van der Waals surface area contributed by atoms with E-state index in [4.69, 9.17) is 0 Å². The van der Waals surface area contributed by atoms with E-state index in [2.05, 4.69) is 51.8 Å². The molecule has 0 nitrogen and oxygen atoms in total. The SMILES string of the molecule is CC(C)(C)c1cc2cccbc2s1. The maximum absolute atomic E-state index is 2.31. The van der Waals surface area contributed by atoms with Crippen LogP contribution in [0.2, 0.25) is 0 Å². The molecule has 0 aliphatic rings. The minimum absolute atomic E-state index is 0.281. The van der Waals surface area contributed by atoms with Crippen molar-refractivity contribution >= 4 is 28.2 Å². The Morgan fingerprint density at radius 1 is 1.31 bits per heavy atom. The molecule has 2 heteroatoms. The maximum atomic E-state index is 2.31. The summed E-state index contributed by atoms with van der Waals surface area (Å²) in [4.78, 5) is 1.47. The van der Waals surface area contributed by atoms with Crippen molar-refractivity contribution in [2.45, 2.75) is 26.2 Å². The molecule has 0 aliphatic heterocycles. The molecule has 0 unspecified atom stereocenters. The summed E-state index contributed by atoms with van der Waals surface area (Å²) in [5, 5.41) is 1.37. The van der Waals surface area contributed by atoms with Crippen LogP contribution in [-0.2, 0) is 5.41 Å². The summed E-state index contributed by atoms with van der Waals surface area (Å²) >= 11 is 1.90. The zero-order valence-electron chi connectivity index (χ0n) is 8.29. The van der Waals surface area contributed by atoms with Crippen LogP contribution in [-0.4, -0.2) is 6.91 Å². The first-order valence-electron chi connectivity index (χ1n) is 4.56. The molecule has 0 atom stereocenters. The molecule has 0 spiro atoms. The van der Waals surface area contributed by atoms with Gasteiger partial charge < -0.3 is 0 Å². The molecule has 2 aromatic rings. The quantitative estimate of drug-likeness (QED) is 0.593. The monoisotopic (exact) mass is 188 g/mol. The Labute approximate surface area is 83.8 Å². The number of fused-ring (bicyclic) bond motifs is 1. The van der Waals surface area contributed by atoms with Gasteiger partial charge in [0.1, 0.15) is 0 Å². The van der Waals surface area contributed by atoms with E-state index in [0.29, 0.717) is 0 Å². The minimum atomic E-state index is 0.281. The van der Waals surface area contributed by atoms with Crippen molar-refractivity contribution in [2.75, 3.05) is 0 Å². The number of hydrogen-bond acceptors (Lipinski definition) is 1. The second-order valence-electron chi connectivity index (χ2n) is 4.40. The normalized spacial score (nSPS) is 11.9. The molecule has 0 amide bonds. The van der Waals surface area contributed by atoms with Gasteiger partial charge in [-0.1, -0.05) is 0 Å². The van der Waals surface area contributed by atoms with E-state index in [1.54, 1.807) is 0 Å². The summed E-state index contributed by atoms with van der Waals surface area (Å²) in [5.41, 5.74) is 0.281. The van der Waals surface area contributed by atoms with Crippen LogP contribution in [0.3, 0.4) is 0 Å². The Bertz CT molecular complexity index is 390. The zero-order chi connectivity index (χ0) is 9.47. The van der Waals surface area contributed by atoms with E-state index >= 15 is 0 Å². The first-order valence-corrected chi connectivity index (χ1v) is 5.38. The molecule has 0 fully saturated rings. The van der Waals surface area contributed by atoms with Gasteiger partial charge in [-0.15, -0.1) is 0 Å². The summed E-state index contributed by atoms with van der Waals surface area (Å²) in [6, 6.07) is 6.59. The fourth-order valence-electron chi connectivity index (χ4n) is 1.35. The van der Waals surface area contributed by atoms with Gasteiger partial charge in [0, 0.05) is 0 Å². The molecule has 66 valence electrons. The summed E-state index contributed by atoms with van der Waals surface area (Å²) in [7, 11) is 0. The van der Waals surface area contributed by atoms with Crippen LogP contribution in [0.25, 0.3) is 9.98 Å². The van der Waals surface area contributed by atoms with Gasteiger partial charge in [-0.25, -0.2) is 0 Å². The predicted octanol–water partition coefficient (Wildman–Crippen LogP) is 3.54. The number of thiophene rings is 1. The van der Waals surface area contributed by atoms with Crippen LogP contribution in [0.5, 0.6) is 0 Å². The Kier molecular flexibility index (Phi) is 2.03. The van der Waals surface area contributed by atoms with E-state index in [0.717, 1.165) is 0 Å². The van der Waals surface area contributed by atoms with Crippen LogP contribution in [0, 0.1) is 0 Å². The Hall–Kier alpha value is -0.625. The van der Waals surface area contributed by atoms with Gasteiger partial charge in [-0.3, -0.25) is 0 Å². The van der Waals surface area contributed by atoms with Gasteiger partial charge in [0.05, 0.1) is 0 Å². The van der Waals surface area contributed by atoms with Crippen LogP contribution >= 0.6 is 11.3 Å². The van der Waals surface area contributed by atoms with E-state index in [1.165, 1.54) is 14.9 Å². The van der Waals surface area contributed by atoms with Gasteiger partial charge >= 0.3 is 83.5 Å². The van der Waals surface area contributed by atoms with Crippen molar-refractivity contribution < 1.29 is 0 Å². The van der Waals surface area contributed by atoms with Crippen LogP contribution in [0.15, 0.2) is 24.2 Å². The summed E-state index contributed by atoms with van der Waals surface area (Å²) in [6.07, 6.45) is 0. The van der Waals surface area contributed by atoms with Crippen molar-refractivity contribution in [1.82, 2.24) is 0 Å². The molecule has 0 saturated heterocycles. The van der Waals surface area contributed by atoms with E-state index in [9.17, 15) is 0 Å². The summed E-state index contributed by atoms with van der Waals surface area (Å²) in [6.45, 7) is 8.97.